The van der Waals surface area contributed by atoms with Gasteiger partial charge in [-0.25, -0.2) is 0 Å². The smallest absolute Gasteiger partial charge is 0.308 e. The first-order chi connectivity index (χ1) is 14.3. The molecule has 2 aromatic carbocycles. The third-order valence-electron chi connectivity index (χ3n) is 4.37. The molecule has 3 aromatic rings. The highest BCUT2D eigenvalue weighted by molar-refractivity contribution is 5.87. The van der Waals surface area contributed by atoms with Crippen LogP contribution >= 0.6 is 0 Å². The second kappa shape index (κ2) is 8.69. The van der Waals surface area contributed by atoms with Gasteiger partial charge in [-0.15, -0.1) is 0 Å². The molecule has 0 spiro atoms. The Kier molecular flexibility index (Phi) is 6.06. The highest BCUT2D eigenvalue weighted by Gasteiger charge is 2.19. The Hall–Kier alpha value is -3.81. The molecule has 1 heterocycles. The summed E-state index contributed by atoms with van der Waals surface area (Å²) in [5, 5.41) is 0.250. The molecule has 30 heavy (non-hydrogen) atoms. The number of rotatable bonds is 6. The predicted octanol–water partition coefficient (Wildman–Crippen LogP) is 3.47. The molecule has 0 aliphatic carbocycles. The van der Waals surface area contributed by atoms with Crippen molar-refractivity contribution in [1.29, 1.82) is 0 Å². The molecule has 8 nitrogen and oxygen atoms in total. The summed E-state index contributed by atoms with van der Waals surface area (Å²) in [6, 6.07) is 8.04. The van der Waals surface area contributed by atoms with Crippen LogP contribution in [0.15, 0.2) is 45.8 Å². The van der Waals surface area contributed by atoms with Crippen LogP contribution in [0.5, 0.6) is 17.2 Å². The number of carbonyl (C=O) groups excluding carboxylic acids is 2. The van der Waals surface area contributed by atoms with E-state index in [2.05, 4.69) is 0 Å². The van der Waals surface area contributed by atoms with Crippen molar-refractivity contribution in [2.45, 2.75) is 20.5 Å². The monoisotopic (exact) mass is 412 g/mol. The van der Waals surface area contributed by atoms with Gasteiger partial charge < -0.3 is 23.4 Å². The standard InChI is InChI=1S/C22H20O8/c1-12(23)28-11-17-18(30-13(2)24)8-6-15-21(25)16(10-29-22(15)17)14-5-7-19(26-3)20(9-14)27-4/h5-10H,11H2,1-4H3. The van der Waals surface area contributed by atoms with Crippen LogP contribution in [-0.2, 0) is 20.9 Å². The molecule has 0 saturated heterocycles. The lowest BCUT2D eigenvalue weighted by Gasteiger charge is -2.13. The highest BCUT2D eigenvalue weighted by Crippen LogP contribution is 2.33. The zero-order valence-corrected chi connectivity index (χ0v) is 16.9. The lowest BCUT2D eigenvalue weighted by atomic mass is 10.0. The number of hydrogen-bond acceptors (Lipinski definition) is 8. The first-order valence-corrected chi connectivity index (χ1v) is 8.97. The third-order valence-corrected chi connectivity index (χ3v) is 4.37. The second-order valence-electron chi connectivity index (χ2n) is 6.34. The average Bonchev–Trinajstić information content (AvgIpc) is 2.72. The minimum absolute atomic E-state index is 0.151. The maximum atomic E-state index is 13.2. The Morgan fingerprint density at radius 2 is 1.63 bits per heavy atom. The summed E-state index contributed by atoms with van der Waals surface area (Å²) in [4.78, 5) is 35.8. The molecule has 0 unspecified atom stereocenters. The molecule has 0 radical (unpaired) electrons. The summed E-state index contributed by atoms with van der Waals surface area (Å²) in [6.45, 7) is 2.28. The van der Waals surface area contributed by atoms with E-state index in [1.807, 2.05) is 0 Å². The molecule has 0 atom stereocenters. The molecule has 0 N–H and O–H groups in total. The SMILES string of the molecule is COc1ccc(-c2coc3c(COC(C)=O)c(OC(C)=O)ccc3c2=O)cc1OC. The molecular weight excluding hydrogens is 392 g/mol. The van der Waals surface area contributed by atoms with E-state index in [-0.39, 0.29) is 34.3 Å². The van der Waals surface area contributed by atoms with Gasteiger partial charge in [0.2, 0.25) is 5.43 Å². The molecule has 0 aliphatic heterocycles. The van der Waals surface area contributed by atoms with Gasteiger partial charge in [-0.1, -0.05) is 6.07 Å². The van der Waals surface area contributed by atoms with Crippen LogP contribution in [0.4, 0.5) is 0 Å². The summed E-state index contributed by atoms with van der Waals surface area (Å²) >= 11 is 0. The summed E-state index contributed by atoms with van der Waals surface area (Å²) in [6.07, 6.45) is 1.31. The van der Waals surface area contributed by atoms with Crippen molar-refractivity contribution in [2.24, 2.45) is 0 Å². The molecule has 0 aliphatic rings. The van der Waals surface area contributed by atoms with Crippen LogP contribution in [0, 0.1) is 0 Å². The Bertz CT molecular complexity index is 1180. The van der Waals surface area contributed by atoms with Crippen molar-refractivity contribution in [2.75, 3.05) is 14.2 Å². The number of hydrogen-bond donors (Lipinski definition) is 0. The lowest BCUT2D eigenvalue weighted by molar-refractivity contribution is -0.142. The maximum absolute atomic E-state index is 13.2. The van der Waals surface area contributed by atoms with Crippen LogP contribution in [0.2, 0.25) is 0 Å². The van der Waals surface area contributed by atoms with Gasteiger partial charge in [-0.2, -0.15) is 0 Å². The van der Waals surface area contributed by atoms with Gasteiger partial charge in [0.25, 0.3) is 0 Å². The van der Waals surface area contributed by atoms with E-state index in [0.29, 0.717) is 22.6 Å². The van der Waals surface area contributed by atoms with Gasteiger partial charge in [0.1, 0.15) is 24.2 Å². The Morgan fingerprint density at radius 1 is 0.933 bits per heavy atom. The molecule has 0 fully saturated rings. The van der Waals surface area contributed by atoms with Crippen molar-refractivity contribution in [3.8, 4) is 28.4 Å². The minimum atomic E-state index is -0.553. The summed E-state index contributed by atoms with van der Waals surface area (Å²) in [5.74, 6) is 0.0717. The van der Waals surface area contributed by atoms with E-state index in [1.54, 1.807) is 18.2 Å². The molecule has 1 aromatic heterocycles. The highest BCUT2D eigenvalue weighted by atomic mass is 16.5. The van der Waals surface area contributed by atoms with Crippen LogP contribution in [0.1, 0.15) is 19.4 Å². The second-order valence-corrected chi connectivity index (χ2v) is 6.34. The van der Waals surface area contributed by atoms with E-state index >= 15 is 0 Å². The Balaban J connectivity index is 2.18. The molecule has 3 rings (SSSR count). The van der Waals surface area contributed by atoms with E-state index < -0.39 is 11.9 Å². The van der Waals surface area contributed by atoms with Crippen LogP contribution in [-0.4, -0.2) is 26.2 Å². The lowest BCUT2D eigenvalue weighted by Crippen LogP contribution is -2.10. The Morgan fingerprint density at radius 3 is 2.27 bits per heavy atom. The van der Waals surface area contributed by atoms with Gasteiger partial charge >= 0.3 is 11.9 Å². The van der Waals surface area contributed by atoms with Crippen molar-refractivity contribution < 1.29 is 33.0 Å². The molecule has 156 valence electrons. The number of ether oxygens (including phenoxy) is 4. The fourth-order valence-electron chi connectivity index (χ4n) is 3.00. The van der Waals surface area contributed by atoms with Crippen molar-refractivity contribution in [1.82, 2.24) is 0 Å². The van der Waals surface area contributed by atoms with Gasteiger partial charge in [0.15, 0.2) is 11.5 Å². The van der Waals surface area contributed by atoms with E-state index in [1.165, 1.54) is 46.5 Å². The van der Waals surface area contributed by atoms with E-state index in [4.69, 9.17) is 23.4 Å². The fraction of sp³-hybridized carbons (Fsp3) is 0.227. The third kappa shape index (κ3) is 4.12. The average molecular weight is 412 g/mol. The maximum Gasteiger partial charge on any atom is 0.308 e. The predicted molar refractivity (Wildman–Crippen MR) is 108 cm³/mol. The van der Waals surface area contributed by atoms with E-state index in [0.717, 1.165) is 0 Å². The zero-order valence-electron chi connectivity index (χ0n) is 16.9. The summed E-state index contributed by atoms with van der Waals surface area (Å²) in [5.41, 5.74) is 1.04. The van der Waals surface area contributed by atoms with Crippen LogP contribution in [0.25, 0.3) is 22.1 Å². The van der Waals surface area contributed by atoms with Gasteiger partial charge in [-0.3, -0.25) is 14.4 Å². The number of methoxy groups -OCH3 is 2. The Labute approximate surface area is 171 Å². The molecule has 0 bridgehead atoms. The largest absolute Gasteiger partial charge is 0.493 e. The first-order valence-electron chi connectivity index (χ1n) is 8.97. The number of esters is 2. The van der Waals surface area contributed by atoms with Gasteiger partial charge in [0.05, 0.1) is 30.7 Å². The van der Waals surface area contributed by atoms with Crippen LogP contribution in [0.3, 0.4) is 0 Å². The summed E-state index contributed by atoms with van der Waals surface area (Å²) in [7, 11) is 3.02. The normalized spacial score (nSPS) is 10.5. The molecule has 0 saturated carbocycles. The number of carbonyl (C=O) groups is 2. The topological polar surface area (TPSA) is 101 Å². The summed E-state index contributed by atoms with van der Waals surface area (Å²) < 4.78 is 26.5. The van der Waals surface area contributed by atoms with Gasteiger partial charge in [-0.05, 0) is 29.8 Å². The molecule has 8 heteroatoms. The minimum Gasteiger partial charge on any atom is -0.493 e. The number of fused-ring (bicyclic) bond motifs is 1. The number of benzene rings is 2. The van der Waals surface area contributed by atoms with Crippen molar-refractivity contribution in [3.63, 3.8) is 0 Å². The molecular formula is C22H20O8. The van der Waals surface area contributed by atoms with Crippen molar-refractivity contribution in [3.05, 3.63) is 52.4 Å². The van der Waals surface area contributed by atoms with Gasteiger partial charge in [0, 0.05) is 13.8 Å². The first kappa shape index (κ1) is 20.9. The van der Waals surface area contributed by atoms with Crippen LogP contribution < -0.4 is 19.6 Å². The van der Waals surface area contributed by atoms with E-state index in [9.17, 15) is 14.4 Å². The quantitative estimate of drug-likeness (QED) is 0.448. The molecule has 0 amide bonds. The fourth-order valence-corrected chi connectivity index (χ4v) is 3.00. The zero-order chi connectivity index (χ0) is 21.8. The van der Waals surface area contributed by atoms with Crippen molar-refractivity contribution >= 4 is 22.9 Å².